The van der Waals surface area contributed by atoms with Crippen LogP contribution in [0.3, 0.4) is 0 Å². The van der Waals surface area contributed by atoms with E-state index in [9.17, 15) is 14.9 Å². The molecule has 2 atom stereocenters. The van der Waals surface area contributed by atoms with E-state index in [2.05, 4.69) is 26.0 Å². The minimum absolute atomic E-state index is 0.300. The van der Waals surface area contributed by atoms with Crippen LogP contribution in [0.25, 0.3) is 15.6 Å². The number of H-pyrrole nitrogens is 1. The minimum atomic E-state index is -1.22. The van der Waals surface area contributed by atoms with Crippen LogP contribution in [0.15, 0.2) is 64.0 Å². The van der Waals surface area contributed by atoms with Crippen LogP contribution in [0, 0.1) is 24.2 Å². The summed E-state index contributed by atoms with van der Waals surface area (Å²) in [6.45, 7) is 1.73. The molecule has 2 heterocycles. The molecule has 4 rings (SSSR count). The summed E-state index contributed by atoms with van der Waals surface area (Å²) in [5.74, 6) is -2.10. The van der Waals surface area contributed by atoms with Crippen molar-refractivity contribution in [1.29, 1.82) is 5.26 Å². The summed E-state index contributed by atoms with van der Waals surface area (Å²) in [7, 11) is 1.61. The summed E-state index contributed by atoms with van der Waals surface area (Å²) in [4.78, 5) is 31.0. The molecule has 0 aliphatic carbocycles. The van der Waals surface area contributed by atoms with Crippen molar-refractivity contribution in [3.8, 4) is 27.4 Å². The first kappa shape index (κ1) is 23.5. The second-order valence-corrected chi connectivity index (χ2v) is 9.49. The average molecular weight is 538 g/mol. The third-order valence-electron chi connectivity index (χ3n) is 5.50. The second kappa shape index (κ2) is 9.67. The highest BCUT2D eigenvalue weighted by atomic mass is 79.9. The number of halogens is 1. The number of nitrogens with one attached hydrogen (secondary N) is 1. The summed E-state index contributed by atoms with van der Waals surface area (Å²) >= 11 is 4.72. The van der Waals surface area contributed by atoms with Crippen LogP contribution in [0.2, 0.25) is 0 Å². The van der Waals surface area contributed by atoms with E-state index in [-0.39, 0.29) is 5.56 Å². The maximum absolute atomic E-state index is 13.6. The van der Waals surface area contributed by atoms with Crippen molar-refractivity contribution in [2.45, 2.75) is 12.8 Å². The van der Waals surface area contributed by atoms with E-state index in [1.807, 2.05) is 30.3 Å². The Kier molecular flexibility index (Phi) is 6.68. The lowest BCUT2D eigenvalue weighted by molar-refractivity contribution is -0.120. The Balaban J connectivity index is 1.80. The smallest absolute Gasteiger partial charge is 0.277 e. The fraction of sp³-hybridized carbons (Fsp3) is 0.167. The quantitative estimate of drug-likeness (QED) is 0.366. The highest BCUT2D eigenvalue weighted by Gasteiger charge is 2.34. The predicted octanol–water partition coefficient (Wildman–Crippen LogP) is 4.13. The maximum atomic E-state index is 13.6. The number of primary amides is 1. The Labute approximate surface area is 207 Å². The average Bonchev–Trinajstić information content (AvgIpc) is 3.43. The fourth-order valence-electron chi connectivity index (χ4n) is 3.82. The van der Waals surface area contributed by atoms with Crippen LogP contribution in [0.1, 0.15) is 22.7 Å². The van der Waals surface area contributed by atoms with E-state index in [0.29, 0.717) is 22.0 Å². The number of rotatable bonds is 7. The Bertz CT molecular complexity index is 1430. The number of nitrogens with two attached hydrogens (primary N) is 1. The van der Waals surface area contributed by atoms with Crippen molar-refractivity contribution in [1.82, 2.24) is 14.8 Å². The van der Waals surface area contributed by atoms with E-state index in [1.54, 1.807) is 44.5 Å². The molecule has 0 radical (unpaired) electrons. The molecular formula is C24H20BrN5O3S. The van der Waals surface area contributed by atoms with Crippen molar-refractivity contribution in [2.24, 2.45) is 11.7 Å². The van der Waals surface area contributed by atoms with Gasteiger partial charge < -0.3 is 10.5 Å². The van der Waals surface area contributed by atoms with E-state index in [4.69, 9.17) is 10.5 Å². The molecular weight excluding hydrogens is 518 g/mol. The molecule has 4 aromatic rings. The zero-order valence-electron chi connectivity index (χ0n) is 18.3. The number of hydrogen-bond acceptors (Lipinski definition) is 6. The van der Waals surface area contributed by atoms with Crippen LogP contribution in [-0.2, 0) is 4.79 Å². The van der Waals surface area contributed by atoms with Gasteiger partial charge in [-0.25, -0.2) is 4.98 Å². The van der Waals surface area contributed by atoms with Crippen LogP contribution >= 0.6 is 27.3 Å². The molecule has 3 N–H and O–H groups in total. The van der Waals surface area contributed by atoms with Gasteiger partial charge in [-0.1, -0.05) is 39.4 Å². The second-order valence-electron chi connectivity index (χ2n) is 7.56. The molecule has 1 amide bonds. The Hall–Kier alpha value is -3.68. The number of aromatic amines is 1. The molecule has 172 valence electrons. The molecule has 0 spiro atoms. The Morgan fingerprint density at radius 1 is 1.24 bits per heavy atom. The van der Waals surface area contributed by atoms with Gasteiger partial charge in [0.1, 0.15) is 11.7 Å². The van der Waals surface area contributed by atoms with Crippen molar-refractivity contribution < 1.29 is 9.53 Å². The topological polar surface area (TPSA) is 127 Å². The first-order chi connectivity index (χ1) is 16.3. The standard InChI is InChI=1S/C24H20BrN5O3S/c1-13-20(21(18(11-26)22(27)31)15-3-7-16(25)8-4-15)23(32)30(29-13)24-28-12-19(34-24)14-5-9-17(33-2)10-6-14/h3-10,12,18,21,29H,1-2H3,(H2,27,31)/t18-,21+/m0/s1. The van der Waals surface area contributed by atoms with E-state index >= 15 is 0 Å². The predicted molar refractivity (Wildman–Crippen MR) is 133 cm³/mol. The molecule has 0 unspecified atom stereocenters. The summed E-state index contributed by atoms with van der Waals surface area (Å²) in [6.07, 6.45) is 1.69. The number of hydrogen-bond donors (Lipinski definition) is 2. The fourth-order valence-corrected chi connectivity index (χ4v) is 4.96. The summed E-state index contributed by atoms with van der Waals surface area (Å²) in [6, 6.07) is 16.6. The number of aromatic nitrogens is 3. The molecule has 0 aliphatic rings. The van der Waals surface area contributed by atoms with Gasteiger partial charge in [-0.05, 0) is 54.4 Å². The number of aryl methyl sites for hydroxylation is 1. The van der Waals surface area contributed by atoms with Gasteiger partial charge in [-0.15, -0.1) is 0 Å². The van der Waals surface area contributed by atoms with Crippen molar-refractivity contribution >= 4 is 33.2 Å². The zero-order valence-corrected chi connectivity index (χ0v) is 20.7. The summed E-state index contributed by atoms with van der Waals surface area (Å²) < 4.78 is 7.37. The number of benzene rings is 2. The molecule has 10 heteroatoms. The van der Waals surface area contributed by atoms with E-state index in [0.717, 1.165) is 20.7 Å². The highest BCUT2D eigenvalue weighted by Crippen LogP contribution is 2.34. The Morgan fingerprint density at radius 3 is 2.50 bits per heavy atom. The van der Waals surface area contributed by atoms with Gasteiger partial charge in [-0.3, -0.25) is 14.7 Å². The first-order valence-electron chi connectivity index (χ1n) is 10.2. The summed E-state index contributed by atoms with van der Waals surface area (Å²) in [5.41, 5.74) is 7.57. The molecule has 8 nitrogen and oxygen atoms in total. The molecule has 0 saturated carbocycles. The number of nitrogens with zero attached hydrogens (tertiary/aromatic N) is 3. The number of nitriles is 1. The van der Waals surface area contributed by atoms with Gasteiger partial charge in [0.25, 0.3) is 5.56 Å². The lowest BCUT2D eigenvalue weighted by Crippen LogP contribution is -2.31. The van der Waals surface area contributed by atoms with Crippen LogP contribution in [0.4, 0.5) is 0 Å². The first-order valence-corrected chi connectivity index (χ1v) is 11.8. The third-order valence-corrected chi connectivity index (χ3v) is 7.06. The molecule has 0 bridgehead atoms. The third kappa shape index (κ3) is 4.40. The van der Waals surface area contributed by atoms with Crippen LogP contribution in [-0.4, -0.2) is 27.8 Å². The van der Waals surface area contributed by atoms with Gasteiger partial charge >= 0.3 is 0 Å². The molecule has 0 aliphatic heterocycles. The van der Waals surface area contributed by atoms with Crippen LogP contribution < -0.4 is 16.0 Å². The Morgan fingerprint density at radius 2 is 1.91 bits per heavy atom. The van der Waals surface area contributed by atoms with Crippen molar-refractivity contribution in [2.75, 3.05) is 7.11 Å². The number of carbonyl (C=O) groups excluding carboxylic acids is 1. The van der Waals surface area contributed by atoms with Gasteiger partial charge in [0, 0.05) is 27.8 Å². The van der Waals surface area contributed by atoms with Gasteiger partial charge in [0.2, 0.25) is 11.0 Å². The zero-order chi connectivity index (χ0) is 24.4. The number of ether oxygens (including phenoxy) is 1. The van der Waals surface area contributed by atoms with Gasteiger partial charge in [-0.2, -0.15) is 9.94 Å². The highest BCUT2D eigenvalue weighted by molar-refractivity contribution is 9.10. The number of thiazole rings is 1. The van der Waals surface area contributed by atoms with Crippen LogP contribution in [0.5, 0.6) is 5.75 Å². The number of carbonyl (C=O) groups is 1. The lowest BCUT2D eigenvalue weighted by Gasteiger charge is -2.19. The van der Waals surface area contributed by atoms with E-state index in [1.165, 1.54) is 16.0 Å². The SMILES string of the molecule is COc1ccc(-c2cnc(-n3[nH]c(C)c([C@H](c4ccc(Br)cc4)[C@H](C#N)C(N)=O)c3=O)s2)cc1. The molecule has 2 aromatic carbocycles. The normalized spacial score (nSPS) is 12.6. The largest absolute Gasteiger partial charge is 0.497 e. The summed E-state index contributed by atoms with van der Waals surface area (Å²) in [5, 5.41) is 13.2. The molecule has 0 saturated heterocycles. The lowest BCUT2D eigenvalue weighted by atomic mass is 9.81. The van der Waals surface area contributed by atoms with E-state index < -0.39 is 17.7 Å². The molecule has 34 heavy (non-hydrogen) atoms. The van der Waals surface area contributed by atoms with Gasteiger partial charge in [0.05, 0.1) is 18.1 Å². The molecule has 0 fully saturated rings. The minimum Gasteiger partial charge on any atom is -0.497 e. The van der Waals surface area contributed by atoms with Gasteiger partial charge in [0.15, 0.2) is 0 Å². The molecule has 2 aromatic heterocycles. The maximum Gasteiger partial charge on any atom is 0.277 e. The monoisotopic (exact) mass is 537 g/mol. The van der Waals surface area contributed by atoms with Crippen molar-refractivity contribution in [3.05, 3.63) is 86.4 Å². The number of amides is 1. The van der Waals surface area contributed by atoms with Crippen molar-refractivity contribution in [3.63, 3.8) is 0 Å². The number of methoxy groups -OCH3 is 1.